The van der Waals surface area contributed by atoms with Gasteiger partial charge in [-0.2, -0.15) is 0 Å². The lowest BCUT2D eigenvalue weighted by Crippen LogP contribution is -2.45. The fourth-order valence-electron chi connectivity index (χ4n) is 2.20. The van der Waals surface area contributed by atoms with Gasteiger partial charge in [0.2, 0.25) is 5.91 Å². The Morgan fingerprint density at radius 1 is 1.50 bits per heavy atom. The molecule has 2 rings (SSSR count). The molecule has 0 spiro atoms. The minimum atomic E-state index is -1.09. The fraction of sp³-hybridized carbons (Fsp3) is 0.429. The molecule has 0 bridgehead atoms. The SMILES string of the molecule is COCC(NC(=O)C1SCCc2ccccc21)C(=O)O. The van der Waals surface area contributed by atoms with Crippen LogP contribution in [0.4, 0.5) is 0 Å². The van der Waals surface area contributed by atoms with Crippen LogP contribution in [0.1, 0.15) is 16.4 Å². The first kappa shape index (κ1) is 14.9. The van der Waals surface area contributed by atoms with E-state index in [4.69, 9.17) is 9.84 Å². The second-order valence-corrected chi connectivity index (χ2v) is 5.77. The number of carbonyl (C=O) groups is 2. The predicted molar refractivity (Wildman–Crippen MR) is 76.8 cm³/mol. The molecule has 1 aromatic rings. The normalized spacial score (nSPS) is 18.9. The number of hydrogen-bond donors (Lipinski definition) is 2. The Morgan fingerprint density at radius 2 is 2.25 bits per heavy atom. The third-order valence-corrected chi connectivity index (χ3v) is 4.42. The number of amides is 1. The third-order valence-electron chi connectivity index (χ3n) is 3.18. The lowest BCUT2D eigenvalue weighted by molar-refractivity contribution is -0.143. The molecule has 1 aliphatic rings. The van der Waals surface area contributed by atoms with Crippen molar-refractivity contribution in [3.05, 3.63) is 35.4 Å². The number of methoxy groups -OCH3 is 1. The van der Waals surface area contributed by atoms with Gasteiger partial charge in [-0.3, -0.25) is 4.79 Å². The quantitative estimate of drug-likeness (QED) is 0.854. The summed E-state index contributed by atoms with van der Waals surface area (Å²) in [6.45, 7) is -0.0416. The number of carbonyl (C=O) groups excluding carboxylic acids is 1. The number of fused-ring (bicyclic) bond motifs is 1. The van der Waals surface area contributed by atoms with Gasteiger partial charge in [-0.15, -0.1) is 11.8 Å². The van der Waals surface area contributed by atoms with Crippen molar-refractivity contribution < 1.29 is 19.4 Å². The molecule has 0 aliphatic carbocycles. The topological polar surface area (TPSA) is 75.6 Å². The van der Waals surface area contributed by atoms with E-state index in [1.807, 2.05) is 24.3 Å². The lowest BCUT2D eigenvalue weighted by Gasteiger charge is -2.25. The first-order valence-corrected chi connectivity index (χ1v) is 7.40. The number of rotatable bonds is 5. The van der Waals surface area contributed by atoms with Gasteiger partial charge >= 0.3 is 5.97 Å². The summed E-state index contributed by atoms with van der Waals surface area (Å²) in [7, 11) is 1.41. The Morgan fingerprint density at radius 3 is 2.95 bits per heavy atom. The minimum absolute atomic E-state index is 0.0416. The van der Waals surface area contributed by atoms with Gasteiger partial charge in [0.15, 0.2) is 6.04 Å². The first-order valence-electron chi connectivity index (χ1n) is 6.35. The van der Waals surface area contributed by atoms with Crippen molar-refractivity contribution in [3.8, 4) is 0 Å². The molecule has 1 aliphatic heterocycles. The van der Waals surface area contributed by atoms with Crippen LogP contribution < -0.4 is 5.32 Å². The molecule has 1 heterocycles. The van der Waals surface area contributed by atoms with Gasteiger partial charge in [-0.1, -0.05) is 24.3 Å². The number of carboxylic acid groups (broad SMARTS) is 1. The van der Waals surface area contributed by atoms with E-state index in [2.05, 4.69) is 5.32 Å². The molecule has 0 aromatic heterocycles. The van der Waals surface area contributed by atoms with E-state index in [9.17, 15) is 9.59 Å². The molecule has 0 saturated carbocycles. The molecule has 20 heavy (non-hydrogen) atoms. The van der Waals surface area contributed by atoms with E-state index in [1.165, 1.54) is 18.9 Å². The van der Waals surface area contributed by atoms with Crippen molar-refractivity contribution in [1.82, 2.24) is 5.32 Å². The Bertz CT molecular complexity index is 506. The smallest absolute Gasteiger partial charge is 0.328 e. The maximum Gasteiger partial charge on any atom is 0.328 e. The van der Waals surface area contributed by atoms with Crippen molar-refractivity contribution in [2.24, 2.45) is 0 Å². The van der Waals surface area contributed by atoms with Gasteiger partial charge in [-0.25, -0.2) is 4.79 Å². The second kappa shape index (κ2) is 6.76. The zero-order valence-corrected chi connectivity index (χ0v) is 12.0. The molecule has 5 nitrogen and oxygen atoms in total. The zero-order chi connectivity index (χ0) is 14.5. The molecular formula is C14H17NO4S. The summed E-state index contributed by atoms with van der Waals surface area (Å²) < 4.78 is 4.82. The molecule has 1 aromatic carbocycles. The number of ether oxygens (including phenoxy) is 1. The highest BCUT2D eigenvalue weighted by Gasteiger charge is 2.30. The van der Waals surface area contributed by atoms with Crippen LogP contribution in [0.25, 0.3) is 0 Å². The Labute approximate surface area is 121 Å². The molecule has 6 heteroatoms. The maximum atomic E-state index is 12.3. The molecule has 0 fully saturated rings. The number of aliphatic carboxylic acids is 1. The standard InChI is InChI=1S/C14H17NO4S/c1-19-8-11(14(17)18)15-13(16)12-10-5-3-2-4-9(10)6-7-20-12/h2-5,11-12H,6-8H2,1H3,(H,15,16)(H,17,18). The Kier molecular flexibility index (Phi) is 5.03. The van der Waals surface area contributed by atoms with Crippen LogP contribution in [0, 0.1) is 0 Å². The molecule has 2 atom stereocenters. The largest absolute Gasteiger partial charge is 0.480 e. The molecule has 0 radical (unpaired) electrons. The summed E-state index contributed by atoms with van der Waals surface area (Å²) in [5, 5.41) is 11.2. The highest BCUT2D eigenvalue weighted by molar-refractivity contribution is 8.00. The van der Waals surface area contributed by atoms with Gasteiger partial charge in [0, 0.05) is 7.11 Å². The van der Waals surface area contributed by atoms with Crippen molar-refractivity contribution in [2.45, 2.75) is 17.7 Å². The fourth-order valence-corrected chi connectivity index (χ4v) is 3.40. The van der Waals surface area contributed by atoms with Crippen molar-refractivity contribution in [1.29, 1.82) is 0 Å². The van der Waals surface area contributed by atoms with E-state index >= 15 is 0 Å². The summed E-state index contributed by atoms with van der Waals surface area (Å²) in [4.78, 5) is 23.4. The first-order chi connectivity index (χ1) is 9.63. The van der Waals surface area contributed by atoms with E-state index in [1.54, 1.807) is 0 Å². The summed E-state index contributed by atoms with van der Waals surface area (Å²) in [5.74, 6) is -0.502. The van der Waals surface area contributed by atoms with Gasteiger partial charge in [-0.05, 0) is 23.3 Å². The molecule has 1 amide bonds. The molecule has 2 unspecified atom stereocenters. The average molecular weight is 295 g/mol. The minimum Gasteiger partial charge on any atom is -0.480 e. The lowest BCUT2D eigenvalue weighted by atomic mass is 10.0. The second-order valence-electron chi connectivity index (χ2n) is 4.55. The Balaban J connectivity index is 2.12. The van der Waals surface area contributed by atoms with Crippen molar-refractivity contribution in [3.63, 3.8) is 0 Å². The van der Waals surface area contributed by atoms with Gasteiger partial charge in [0.05, 0.1) is 6.61 Å². The number of benzene rings is 1. The molecule has 2 N–H and O–H groups in total. The number of nitrogens with one attached hydrogen (secondary N) is 1. The van der Waals surface area contributed by atoms with E-state index in [0.717, 1.165) is 23.3 Å². The summed E-state index contributed by atoms with van der Waals surface area (Å²) in [5.41, 5.74) is 2.13. The zero-order valence-electron chi connectivity index (χ0n) is 11.2. The van der Waals surface area contributed by atoms with E-state index < -0.39 is 12.0 Å². The molecule has 108 valence electrons. The van der Waals surface area contributed by atoms with Crippen LogP contribution in [-0.2, 0) is 20.7 Å². The number of thioether (sulfide) groups is 1. The monoisotopic (exact) mass is 295 g/mol. The molecular weight excluding hydrogens is 278 g/mol. The summed E-state index contributed by atoms with van der Waals surface area (Å²) in [6, 6.07) is 6.78. The van der Waals surface area contributed by atoms with Crippen molar-refractivity contribution in [2.75, 3.05) is 19.5 Å². The summed E-state index contributed by atoms with van der Waals surface area (Å²) in [6.07, 6.45) is 0.936. The van der Waals surface area contributed by atoms with Crippen LogP contribution >= 0.6 is 11.8 Å². The van der Waals surface area contributed by atoms with Crippen molar-refractivity contribution >= 4 is 23.6 Å². The average Bonchev–Trinajstić information content (AvgIpc) is 2.46. The maximum absolute atomic E-state index is 12.3. The third kappa shape index (κ3) is 3.32. The van der Waals surface area contributed by atoms with Crippen LogP contribution in [0.2, 0.25) is 0 Å². The number of aryl methyl sites for hydroxylation is 1. The highest BCUT2D eigenvalue weighted by atomic mass is 32.2. The van der Waals surface area contributed by atoms with Crippen LogP contribution in [0.15, 0.2) is 24.3 Å². The summed E-state index contributed by atoms with van der Waals surface area (Å²) >= 11 is 1.54. The highest BCUT2D eigenvalue weighted by Crippen LogP contribution is 2.36. The van der Waals surface area contributed by atoms with Crippen LogP contribution in [0.5, 0.6) is 0 Å². The van der Waals surface area contributed by atoms with E-state index in [0.29, 0.717) is 0 Å². The van der Waals surface area contributed by atoms with Gasteiger partial charge < -0.3 is 15.2 Å². The number of carboxylic acids is 1. The van der Waals surface area contributed by atoms with Crippen LogP contribution in [0.3, 0.4) is 0 Å². The van der Waals surface area contributed by atoms with Gasteiger partial charge in [0.25, 0.3) is 0 Å². The van der Waals surface area contributed by atoms with E-state index in [-0.39, 0.29) is 17.8 Å². The van der Waals surface area contributed by atoms with Gasteiger partial charge in [0.1, 0.15) is 5.25 Å². The Hall–Kier alpha value is -1.53. The number of hydrogen-bond acceptors (Lipinski definition) is 4. The predicted octanol–water partition coefficient (Wildman–Crippen LogP) is 1.23. The molecule has 0 saturated heterocycles. The van der Waals surface area contributed by atoms with Crippen LogP contribution in [-0.4, -0.2) is 42.5 Å².